The highest BCUT2D eigenvalue weighted by atomic mass is 79.9. The van der Waals surface area contributed by atoms with Gasteiger partial charge >= 0.3 is 0 Å². The summed E-state index contributed by atoms with van der Waals surface area (Å²) in [6.45, 7) is 1.73. The van der Waals surface area contributed by atoms with E-state index in [4.69, 9.17) is 11.6 Å². The molecule has 1 heterocycles. The van der Waals surface area contributed by atoms with Gasteiger partial charge in [-0.2, -0.15) is 0 Å². The van der Waals surface area contributed by atoms with Crippen molar-refractivity contribution in [1.82, 2.24) is 9.97 Å². The second-order valence-corrected chi connectivity index (χ2v) is 5.85. The number of halogens is 4. The average molecular weight is 370 g/mol. The highest BCUT2D eigenvalue weighted by Crippen LogP contribution is 2.30. The molecule has 6 heteroatoms. The summed E-state index contributed by atoms with van der Waals surface area (Å²) in [5.41, 5.74) is 1.40. The lowest BCUT2D eigenvalue weighted by atomic mass is 10.1. The minimum absolute atomic E-state index is 0.136. The zero-order chi connectivity index (χ0) is 15.1. The van der Waals surface area contributed by atoms with Gasteiger partial charge in [-0.1, -0.05) is 27.5 Å². The van der Waals surface area contributed by atoms with Crippen molar-refractivity contribution in [3.63, 3.8) is 0 Å². The molecule has 3 aromatic rings. The predicted molar refractivity (Wildman–Crippen MR) is 82.3 cm³/mol. The summed E-state index contributed by atoms with van der Waals surface area (Å²) in [5, 5.41) is 0.575. The normalized spacial score (nSPS) is 11.1. The Labute approximate surface area is 132 Å². The largest absolute Gasteiger partial charge is 0.225 e. The van der Waals surface area contributed by atoms with E-state index in [1.807, 2.05) is 0 Å². The molecule has 2 nitrogen and oxygen atoms in total. The van der Waals surface area contributed by atoms with Gasteiger partial charge in [-0.25, -0.2) is 18.7 Å². The predicted octanol–water partition coefficient (Wildman–Crippen LogP) is 5.30. The van der Waals surface area contributed by atoms with Gasteiger partial charge in [-0.3, -0.25) is 0 Å². The summed E-state index contributed by atoms with van der Waals surface area (Å²) in [4.78, 5) is 8.41. The van der Waals surface area contributed by atoms with Crippen molar-refractivity contribution in [2.75, 3.05) is 0 Å². The van der Waals surface area contributed by atoms with Gasteiger partial charge in [0.2, 0.25) is 0 Å². The molecule has 1 aromatic heterocycles. The van der Waals surface area contributed by atoms with Crippen molar-refractivity contribution in [3.05, 3.63) is 57.2 Å². The molecular formula is C15H8BrClF2N2. The monoisotopic (exact) mass is 368 g/mol. The van der Waals surface area contributed by atoms with Gasteiger partial charge in [0.15, 0.2) is 11.6 Å². The van der Waals surface area contributed by atoms with E-state index < -0.39 is 5.82 Å². The fourth-order valence-electron chi connectivity index (χ4n) is 2.12. The van der Waals surface area contributed by atoms with Gasteiger partial charge in [0, 0.05) is 15.4 Å². The van der Waals surface area contributed by atoms with Crippen LogP contribution in [-0.2, 0) is 0 Å². The molecule has 0 aliphatic carbocycles. The van der Waals surface area contributed by atoms with Crippen LogP contribution in [0.5, 0.6) is 0 Å². The molecule has 0 atom stereocenters. The standard InChI is InChI=1S/C15H8BrClF2N2/c1-7-4-9(18)2-3-10(7)15-20-13-11(14(17)21-15)5-8(16)6-12(13)19/h2-6H,1H3. The zero-order valence-electron chi connectivity index (χ0n) is 10.8. The van der Waals surface area contributed by atoms with E-state index in [1.165, 1.54) is 18.2 Å². The van der Waals surface area contributed by atoms with E-state index in [1.54, 1.807) is 19.1 Å². The first kappa shape index (κ1) is 14.4. The van der Waals surface area contributed by atoms with Crippen LogP contribution in [0, 0.1) is 18.6 Å². The quantitative estimate of drug-likeness (QED) is 0.544. The van der Waals surface area contributed by atoms with Crippen molar-refractivity contribution in [3.8, 4) is 11.4 Å². The summed E-state index contributed by atoms with van der Waals surface area (Å²) in [6.07, 6.45) is 0. The molecule has 21 heavy (non-hydrogen) atoms. The molecule has 0 saturated carbocycles. The van der Waals surface area contributed by atoms with E-state index in [9.17, 15) is 8.78 Å². The molecule has 0 N–H and O–H groups in total. The number of hydrogen-bond donors (Lipinski definition) is 0. The Hall–Kier alpha value is -1.59. The van der Waals surface area contributed by atoms with Gasteiger partial charge in [0.25, 0.3) is 0 Å². The van der Waals surface area contributed by atoms with Crippen LogP contribution in [0.25, 0.3) is 22.3 Å². The van der Waals surface area contributed by atoms with Gasteiger partial charge in [-0.15, -0.1) is 0 Å². The summed E-state index contributed by atoms with van der Waals surface area (Å²) in [6, 6.07) is 7.20. The van der Waals surface area contributed by atoms with Crippen molar-refractivity contribution < 1.29 is 8.78 Å². The zero-order valence-corrected chi connectivity index (χ0v) is 13.1. The highest BCUT2D eigenvalue weighted by Gasteiger charge is 2.14. The summed E-state index contributed by atoms with van der Waals surface area (Å²) >= 11 is 9.33. The maximum atomic E-state index is 14.0. The van der Waals surface area contributed by atoms with Gasteiger partial charge < -0.3 is 0 Å². The minimum atomic E-state index is -0.496. The van der Waals surface area contributed by atoms with Crippen LogP contribution in [0.3, 0.4) is 0 Å². The Morgan fingerprint density at radius 2 is 1.86 bits per heavy atom. The van der Waals surface area contributed by atoms with Crippen LogP contribution in [0.4, 0.5) is 8.78 Å². The van der Waals surface area contributed by atoms with Gasteiger partial charge in [0.1, 0.15) is 16.5 Å². The molecule has 0 amide bonds. The summed E-state index contributed by atoms with van der Waals surface area (Å²) in [7, 11) is 0. The minimum Gasteiger partial charge on any atom is -0.225 e. The lowest BCUT2D eigenvalue weighted by Crippen LogP contribution is -1.96. The number of aryl methyl sites for hydroxylation is 1. The molecule has 0 spiro atoms. The van der Waals surface area contributed by atoms with E-state index in [0.29, 0.717) is 21.0 Å². The van der Waals surface area contributed by atoms with E-state index >= 15 is 0 Å². The average Bonchev–Trinajstić information content (AvgIpc) is 2.40. The third kappa shape index (κ3) is 2.63. The Kier molecular flexibility index (Phi) is 3.63. The summed E-state index contributed by atoms with van der Waals surface area (Å²) < 4.78 is 27.8. The number of fused-ring (bicyclic) bond motifs is 1. The number of hydrogen-bond acceptors (Lipinski definition) is 2. The van der Waals surface area contributed by atoms with E-state index in [-0.39, 0.29) is 22.3 Å². The lowest BCUT2D eigenvalue weighted by molar-refractivity contribution is 0.626. The molecule has 0 radical (unpaired) electrons. The SMILES string of the molecule is Cc1cc(F)ccc1-c1nc(Cl)c2cc(Br)cc(F)c2n1. The fraction of sp³-hybridized carbons (Fsp3) is 0.0667. The molecule has 106 valence electrons. The molecule has 0 aliphatic heterocycles. The molecule has 3 rings (SSSR count). The first-order valence-corrected chi connectivity index (χ1v) is 7.21. The molecule has 0 fully saturated rings. The first-order chi connectivity index (χ1) is 9.95. The molecule has 0 unspecified atom stereocenters. The van der Waals surface area contributed by atoms with Gasteiger partial charge in [-0.05, 0) is 42.8 Å². The fourth-order valence-corrected chi connectivity index (χ4v) is 2.77. The number of aromatic nitrogens is 2. The van der Waals surface area contributed by atoms with Crippen molar-refractivity contribution in [1.29, 1.82) is 0 Å². The Morgan fingerprint density at radius 3 is 2.57 bits per heavy atom. The summed E-state index contributed by atoms with van der Waals surface area (Å²) in [5.74, 6) is -0.575. The molecular weight excluding hydrogens is 362 g/mol. The Bertz CT molecular complexity index is 868. The second kappa shape index (κ2) is 5.31. The van der Waals surface area contributed by atoms with Crippen molar-refractivity contribution in [2.24, 2.45) is 0 Å². The topological polar surface area (TPSA) is 25.8 Å². The smallest absolute Gasteiger partial charge is 0.161 e. The van der Waals surface area contributed by atoms with Gasteiger partial charge in [0.05, 0.1) is 0 Å². The molecule has 0 saturated heterocycles. The van der Waals surface area contributed by atoms with Crippen LogP contribution >= 0.6 is 27.5 Å². The first-order valence-electron chi connectivity index (χ1n) is 6.04. The highest BCUT2D eigenvalue weighted by molar-refractivity contribution is 9.10. The number of rotatable bonds is 1. The van der Waals surface area contributed by atoms with Crippen LogP contribution < -0.4 is 0 Å². The number of benzene rings is 2. The van der Waals surface area contributed by atoms with Crippen molar-refractivity contribution >= 4 is 38.4 Å². The van der Waals surface area contributed by atoms with Crippen molar-refractivity contribution in [2.45, 2.75) is 6.92 Å². The molecule has 0 aliphatic rings. The molecule has 0 bridgehead atoms. The van der Waals surface area contributed by atoms with E-state index in [0.717, 1.165) is 0 Å². The van der Waals surface area contributed by atoms with Crippen LogP contribution in [0.15, 0.2) is 34.8 Å². The molecule has 2 aromatic carbocycles. The Morgan fingerprint density at radius 1 is 1.10 bits per heavy atom. The third-order valence-electron chi connectivity index (χ3n) is 3.10. The number of nitrogens with zero attached hydrogens (tertiary/aromatic N) is 2. The third-order valence-corrected chi connectivity index (χ3v) is 3.85. The van der Waals surface area contributed by atoms with Crippen LogP contribution in [0.1, 0.15) is 5.56 Å². The second-order valence-electron chi connectivity index (χ2n) is 4.58. The van der Waals surface area contributed by atoms with E-state index in [2.05, 4.69) is 25.9 Å². The maximum Gasteiger partial charge on any atom is 0.161 e. The lowest BCUT2D eigenvalue weighted by Gasteiger charge is -2.08. The Balaban J connectivity index is 2.30. The van der Waals surface area contributed by atoms with Crippen LogP contribution in [-0.4, -0.2) is 9.97 Å². The van der Waals surface area contributed by atoms with Crippen LogP contribution in [0.2, 0.25) is 5.15 Å². The maximum absolute atomic E-state index is 14.0.